The van der Waals surface area contributed by atoms with E-state index in [1.807, 2.05) is 24.3 Å². The number of hydrogen-bond donors (Lipinski definition) is 0. The maximum absolute atomic E-state index is 5.79. The van der Waals surface area contributed by atoms with E-state index in [0.29, 0.717) is 24.8 Å². The van der Waals surface area contributed by atoms with Crippen LogP contribution in [0.25, 0.3) is 0 Å². The van der Waals surface area contributed by atoms with Crippen molar-refractivity contribution in [3.8, 4) is 0 Å². The van der Waals surface area contributed by atoms with Crippen LogP contribution in [0.15, 0.2) is 79.2 Å². The molecule has 2 aliphatic carbocycles. The van der Waals surface area contributed by atoms with Crippen molar-refractivity contribution in [2.75, 3.05) is 17.9 Å². The van der Waals surface area contributed by atoms with Crippen molar-refractivity contribution >= 4 is 32.8 Å². The van der Waals surface area contributed by atoms with Crippen molar-refractivity contribution in [2.45, 2.75) is 95.2 Å². The molecule has 9 heteroatoms. The molecule has 7 nitrogen and oxygen atoms in total. The van der Waals surface area contributed by atoms with Gasteiger partial charge in [0.25, 0.3) is 0 Å². The minimum absolute atomic E-state index is 0.273. The minimum Gasteiger partial charge on any atom is -0.381 e. The Morgan fingerprint density at radius 2 is 1.05 bits per heavy atom. The number of hydrogen-bond acceptors (Lipinski definition) is 7. The van der Waals surface area contributed by atoms with Crippen LogP contribution >= 0.6 is 0 Å². The quantitative estimate of drug-likeness (QED) is 0.227. The van der Waals surface area contributed by atoms with Gasteiger partial charge in [0.05, 0.1) is 51.2 Å². The molecule has 0 atom stereocenters. The van der Waals surface area contributed by atoms with Crippen LogP contribution in [0.2, 0.25) is 6.32 Å². The third-order valence-corrected chi connectivity index (χ3v) is 7.59. The lowest BCUT2D eigenvalue weighted by Crippen LogP contribution is -2.23. The molecule has 4 radical (unpaired) electrons. The van der Waals surface area contributed by atoms with Gasteiger partial charge in [0, 0.05) is 12.2 Å². The highest BCUT2D eigenvalue weighted by Gasteiger charge is 2.23. The zero-order chi connectivity index (χ0) is 26.6. The number of nitrogens with zero attached hydrogens (tertiary/aromatic N) is 7. The van der Waals surface area contributed by atoms with Crippen LogP contribution in [-0.4, -0.2) is 52.8 Å². The first kappa shape index (κ1) is 28.2. The predicted molar refractivity (Wildman–Crippen MR) is 157 cm³/mol. The average Bonchev–Trinajstić information content (AvgIpc) is 2.97. The van der Waals surface area contributed by atoms with Gasteiger partial charge in [-0.2, -0.15) is 30.7 Å². The summed E-state index contributed by atoms with van der Waals surface area (Å²) in [5, 5.41) is 27.6. The van der Waals surface area contributed by atoms with Gasteiger partial charge < -0.3 is 4.90 Å². The second-order valence-corrected chi connectivity index (χ2v) is 10.3. The molecular formula is C29H39B2N7. The van der Waals surface area contributed by atoms with Crippen molar-refractivity contribution in [1.82, 2.24) is 0 Å². The molecule has 0 bridgehead atoms. The number of benzene rings is 2. The fourth-order valence-corrected chi connectivity index (χ4v) is 5.11. The number of azo groups is 3. The summed E-state index contributed by atoms with van der Waals surface area (Å²) in [5.74, 6) is 0. The Labute approximate surface area is 230 Å². The van der Waals surface area contributed by atoms with Crippen molar-refractivity contribution in [1.29, 1.82) is 0 Å². The Morgan fingerprint density at radius 1 is 0.632 bits per heavy atom. The SMILES string of the molecule is [B]CCc1ccc(N=NC2CCC(N=NC3CCC(N=Nc4ccc(N(C[B])CC)cc4)CC3)CC2)cc1. The molecule has 2 aliphatic rings. The molecule has 4 rings (SSSR count). The van der Waals surface area contributed by atoms with E-state index in [1.54, 1.807) is 0 Å². The van der Waals surface area contributed by atoms with E-state index in [9.17, 15) is 0 Å². The summed E-state index contributed by atoms with van der Waals surface area (Å²) in [4.78, 5) is 2.11. The van der Waals surface area contributed by atoms with Gasteiger partial charge in [0.2, 0.25) is 0 Å². The van der Waals surface area contributed by atoms with Crippen LogP contribution in [0.3, 0.4) is 0 Å². The second-order valence-electron chi connectivity index (χ2n) is 10.3. The van der Waals surface area contributed by atoms with Crippen molar-refractivity contribution < 1.29 is 0 Å². The standard InChI is InChI=1S/C29H39B2N7/c1-2-38(21-31)29-17-15-28(16-18-29)37-36-27-13-11-26(12-14-27)35-34-25-9-7-24(8-10-25)33-32-23-5-3-22(4-6-23)19-20-30/h3-6,15-18,24-27H,2,7-14,19-21H2,1H3. The van der Waals surface area contributed by atoms with Crippen LogP contribution in [-0.2, 0) is 6.42 Å². The highest BCUT2D eigenvalue weighted by molar-refractivity contribution is 6.10. The molecular weight excluding hydrogens is 468 g/mol. The molecule has 0 spiro atoms. The summed E-state index contributed by atoms with van der Waals surface area (Å²) >= 11 is 0. The summed E-state index contributed by atoms with van der Waals surface area (Å²) in [6.45, 7) is 2.98. The maximum Gasteiger partial charge on any atom is 0.0942 e. The minimum atomic E-state index is 0.273. The highest BCUT2D eigenvalue weighted by Crippen LogP contribution is 2.29. The van der Waals surface area contributed by atoms with Crippen LogP contribution in [0.4, 0.5) is 17.1 Å². The maximum atomic E-state index is 5.79. The van der Waals surface area contributed by atoms with E-state index in [-0.39, 0.29) is 12.1 Å². The van der Waals surface area contributed by atoms with E-state index in [1.165, 1.54) is 5.56 Å². The van der Waals surface area contributed by atoms with E-state index >= 15 is 0 Å². The predicted octanol–water partition coefficient (Wildman–Crippen LogP) is 7.71. The fourth-order valence-electron chi connectivity index (χ4n) is 5.11. The fraction of sp³-hybridized carbons (Fsp3) is 0.586. The molecule has 2 aromatic rings. The van der Waals surface area contributed by atoms with Gasteiger partial charge in [-0.3, -0.25) is 0 Å². The van der Waals surface area contributed by atoms with Crippen LogP contribution in [0, 0.1) is 0 Å². The Bertz CT molecular complexity index is 1040. The summed E-state index contributed by atoms with van der Waals surface area (Å²) in [5.41, 5.74) is 4.15. The largest absolute Gasteiger partial charge is 0.381 e. The van der Waals surface area contributed by atoms with E-state index in [0.717, 1.165) is 81.4 Å². The topological polar surface area (TPSA) is 77.4 Å². The first-order valence-corrected chi connectivity index (χ1v) is 14.2. The third kappa shape index (κ3) is 8.60. The number of anilines is 1. The lowest BCUT2D eigenvalue weighted by atomic mass is 9.91. The van der Waals surface area contributed by atoms with Gasteiger partial charge >= 0.3 is 0 Å². The first-order chi connectivity index (χ1) is 18.7. The van der Waals surface area contributed by atoms with E-state index in [4.69, 9.17) is 25.9 Å². The monoisotopic (exact) mass is 507 g/mol. The van der Waals surface area contributed by atoms with Crippen molar-refractivity contribution in [3.05, 3.63) is 54.1 Å². The number of rotatable bonds is 11. The molecule has 38 heavy (non-hydrogen) atoms. The molecule has 2 saturated carbocycles. The summed E-state index contributed by atoms with van der Waals surface area (Å²) in [7, 11) is 11.4. The molecule has 2 fully saturated rings. The van der Waals surface area contributed by atoms with E-state index < -0.39 is 0 Å². The molecule has 0 aromatic heterocycles. The molecule has 0 aliphatic heterocycles. The summed E-state index contributed by atoms with van der Waals surface area (Å²) in [6, 6.07) is 17.5. The summed E-state index contributed by atoms with van der Waals surface area (Å²) in [6.07, 6.45) is 10.3. The number of aryl methyl sites for hydroxylation is 1. The zero-order valence-corrected chi connectivity index (χ0v) is 22.7. The van der Waals surface area contributed by atoms with Gasteiger partial charge in [-0.25, -0.2) is 0 Å². The van der Waals surface area contributed by atoms with Crippen molar-refractivity contribution in [2.24, 2.45) is 30.7 Å². The molecule has 0 heterocycles. The van der Waals surface area contributed by atoms with Crippen LogP contribution in [0.1, 0.15) is 63.9 Å². The zero-order valence-electron chi connectivity index (χ0n) is 22.7. The Hall–Kier alpha value is -2.83. The molecule has 196 valence electrons. The van der Waals surface area contributed by atoms with Gasteiger partial charge in [0.15, 0.2) is 0 Å². The Kier molecular flexibility index (Phi) is 11.1. The molecule has 0 N–H and O–H groups in total. The van der Waals surface area contributed by atoms with Crippen LogP contribution < -0.4 is 4.90 Å². The first-order valence-electron chi connectivity index (χ1n) is 14.2. The van der Waals surface area contributed by atoms with Gasteiger partial charge in [-0.05, 0) is 113 Å². The Balaban J connectivity index is 1.15. The lowest BCUT2D eigenvalue weighted by molar-refractivity contribution is 0.350. The molecule has 0 amide bonds. The normalized spacial score (nSPS) is 24.4. The Morgan fingerprint density at radius 3 is 1.45 bits per heavy atom. The third-order valence-electron chi connectivity index (χ3n) is 7.59. The van der Waals surface area contributed by atoms with Gasteiger partial charge in [-0.15, -0.1) is 0 Å². The van der Waals surface area contributed by atoms with Crippen LogP contribution in [0.5, 0.6) is 0 Å². The van der Waals surface area contributed by atoms with Gasteiger partial charge in [0.1, 0.15) is 0 Å². The smallest absolute Gasteiger partial charge is 0.0942 e. The summed E-state index contributed by atoms with van der Waals surface area (Å²) < 4.78 is 0. The molecule has 2 aromatic carbocycles. The van der Waals surface area contributed by atoms with Gasteiger partial charge in [-0.1, -0.05) is 18.5 Å². The molecule has 0 unspecified atom stereocenters. The lowest BCUT2D eigenvalue weighted by Gasteiger charge is -2.24. The average molecular weight is 507 g/mol. The highest BCUT2D eigenvalue weighted by atomic mass is 15.2. The van der Waals surface area contributed by atoms with Crippen molar-refractivity contribution in [3.63, 3.8) is 0 Å². The second kappa shape index (κ2) is 14.9. The van der Waals surface area contributed by atoms with E-state index in [2.05, 4.69) is 56.5 Å². The molecule has 0 saturated heterocycles.